The molecule has 0 bridgehead atoms. The van der Waals surface area contributed by atoms with E-state index in [1.54, 1.807) is 0 Å². The van der Waals surface area contributed by atoms with Gasteiger partial charge in [-0.15, -0.1) is 0 Å². The summed E-state index contributed by atoms with van der Waals surface area (Å²) >= 11 is 0. The second kappa shape index (κ2) is 19.0. The Labute approximate surface area is 200 Å². The molecule has 0 fully saturated rings. The van der Waals surface area contributed by atoms with Crippen LogP contribution in [0, 0.1) is 10.8 Å². The maximum absolute atomic E-state index is 5.80. The summed E-state index contributed by atoms with van der Waals surface area (Å²) in [4.78, 5) is 5.00. The van der Waals surface area contributed by atoms with Gasteiger partial charge < -0.3 is 37.6 Å². The molecule has 0 aromatic heterocycles. The van der Waals surface area contributed by atoms with Crippen molar-refractivity contribution < 1.29 is 0 Å². The van der Waals surface area contributed by atoms with Crippen LogP contribution in [-0.2, 0) is 0 Å². The molecular formula is C24H58N8. The first-order chi connectivity index (χ1) is 15.1. The summed E-state index contributed by atoms with van der Waals surface area (Å²) in [6.45, 7) is 29.3. The Morgan fingerprint density at radius 1 is 0.500 bits per heavy atom. The number of nitrogens with zero attached hydrogens (tertiary/aromatic N) is 2. The van der Waals surface area contributed by atoms with Crippen molar-refractivity contribution >= 4 is 0 Å². The first kappa shape index (κ1) is 31.7. The number of nitrogens with two attached hydrogens (primary N) is 2. The Morgan fingerprint density at radius 2 is 0.969 bits per heavy atom. The molecule has 8 heteroatoms. The molecule has 0 rings (SSSR count). The van der Waals surface area contributed by atoms with Crippen LogP contribution in [0.2, 0.25) is 0 Å². The lowest BCUT2D eigenvalue weighted by atomic mass is 9.96. The van der Waals surface area contributed by atoms with E-state index in [1.165, 1.54) is 0 Å². The van der Waals surface area contributed by atoms with Crippen molar-refractivity contribution in [1.29, 1.82) is 0 Å². The van der Waals surface area contributed by atoms with Gasteiger partial charge in [-0.2, -0.15) is 0 Å². The molecular weight excluding hydrogens is 400 g/mol. The van der Waals surface area contributed by atoms with Crippen molar-refractivity contribution in [3.8, 4) is 0 Å². The summed E-state index contributed by atoms with van der Waals surface area (Å²) in [6, 6.07) is 0. The second-order valence-corrected chi connectivity index (χ2v) is 11.2. The SMILES string of the molecule is CC(C)(C)CNCCNCCN(CCNCCN)CCNCCN(CCN)CC(C)(C)C. The van der Waals surface area contributed by atoms with Gasteiger partial charge >= 0.3 is 0 Å². The Morgan fingerprint density at radius 3 is 1.44 bits per heavy atom. The molecule has 0 aliphatic heterocycles. The van der Waals surface area contributed by atoms with E-state index in [0.717, 1.165) is 98.2 Å². The molecule has 0 aliphatic carbocycles. The molecule has 0 aromatic carbocycles. The van der Waals surface area contributed by atoms with Gasteiger partial charge in [-0.3, -0.25) is 4.90 Å². The van der Waals surface area contributed by atoms with Gasteiger partial charge in [0.25, 0.3) is 0 Å². The zero-order valence-electron chi connectivity index (χ0n) is 22.4. The van der Waals surface area contributed by atoms with Gasteiger partial charge in [0, 0.05) is 105 Å². The fraction of sp³-hybridized carbons (Fsp3) is 1.00. The third kappa shape index (κ3) is 22.9. The lowest BCUT2D eigenvalue weighted by molar-refractivity contribution is 0.194. The van der Waals surface area contributed by atoms with Gasteiger partial charge in [0.15, 0.2) is 0 Å². The Balaban J connectivity index is 4.11. The molecule has 0 aliphatic rings. The monoisotopic (exact) mass is 458 g/mol. The molecule has 0 spiro atoms. The van der Waals surface area contributed by atoms with Crippen LogP contribution in [0.25, 0.3) is 0 Å². The highest BCUT2D eigenvalue weighted by molar-refractivity contribution is 4.71. The van der Waals surface area contributed by atoms with Crippen LogP contribution in [0.1, 0.15) is 41.5 Å². The van der Waals surface area contributed by atoms with Crippen LogP contribution in [-0.4, -0.2) is 115 Å². The predicted molar refractivity (Wildman–Crippen MR) is 141 cm³/mol. The average Bonchev–Trinajstić information content (AvgIpc) is 2.67. The van der Waals surface area contributed by atoms with Crippen LogP contribution in [0.5, 0.6) is 0 Å². The fourth-order valence-corrected chi connectivity index (χ4v) is 3.52. The second-order valence-electron chi connectivity index (χ2n) is 11.2. The number of nitrogens with one attached hydrogen (secondary N) is 4. The molecule has 8 nitrogen and oxygen atoms in total. The standard InChI is InChI=1S/C24H58N8/c1-23(2,3)21-30-11-10-28-13-18-31(17-12-27-9-7-25)19-14-29-15-20-32(16-8-26)22-24(4,5)6/h27-30H,7-22,25-26H2,1-6H3. The van der Waals surface area contributed by atoms with Crippen LogP contribution >= 0.6 is 0 Å². The minimum atomic E-state index is 0.303. The van der Waals surface area contributed by atoms with Crippen molar-refractivity contribution in [1.82, 2.24) is 31.1 Å². The van der Waals surface area contributed by atoms with Crippen molar-refractivity contribution in [3.05, 3.63) is 0 Å². The van der Waals surface area contributed by atoms with Crippen molar-refractivity contribution in [2.45, 2.75) is 41.5 Å². The molecule has 8 N–H and O–H groups in total. The van der Waals surface area contributed by atoms with Crippen molar-refractivity contribution in [2.24, 2.45) is 22.3 Å². The number of rotatable bonds is 21. The molecule has 0 heterocycles. The lowest BCUT2D eigenvalue weighted by Gasteiger charge is -2.30. The number of hydrogen-bond acceptors (Lipinski definition) is 8. The van der Waals surface area contributed by atoms with E-state index in [9.17, 15) is 0 Å². The van der Waals surface area contributed by atoms with Gasteiger partial charge in [0.05, 0.1) is 0 Å². The molecule has 0 saturated heterocycles. The minimum absolute atomic E-state index is 0.303. The molecule has 0 saturated carbocycles. The summed E-state index contributed by atoms with van der Waals surface area (Å²) in [7, 11) is 0. The summed E-state index contributed by atoms with van der Waals surface area (Å²) in [5.74, 6) is 0. The maximum Gasteiger partial charge on any atom is 0.0108 e. The smallest absolute Gasteiger partial charge is 0.0108 e. The van der Waals surface area contributed by atoms with E-state index in [1.807, 2.05) is 0 Å². The molecule has 0 aromatic rings. The summed E-state index contributed by atoms with van der Waals surface area (Å²) in [5, 5.41) is 14.1. The molecule has 0 unspecified atom stereocenters. The largest absolute Gasteiger partial charge is 0.329 e. The quantitative estimate of drug-likeness (QED) is 0.133. The summed E-state index contributed by atoms with van der Waals surface area (Å²) < 4.78 is 0. The van der Waals surface area contributed by atoms with Crippen LogP contribution in [0.3, 0.4) is 0 Å². The van der Waals surface area contributed by atoms with E-state index in [-0.39, 0.29) is 0 Å². The van der Waals surface area contributed by atoms with E-state index in [0.29, 0.717) is 17.4 Å². The molecule has 0 radical (unpaired) electrons. The van der Waals surface area contributed by atoms with E-state index in [4.69, 9.17) is 11.5 Å². The summed E-state index contributed by atoms with van der Waals surface area (Å²) in [6.07, 6.45) is 0. The zero-order chi connectivity index (χ0) is 24.3. The molecule has 32 heavy (non-hydrogen) atoms. The normalized spacial score (nSPS) is 12.9. The first-order valence-corrected chi connectivity index (χ1v) is 12.7. The topological polar surface area (TPSA) is 107 Å². The van der Waals surface area contributed by atoms with Crippen LogP contribution in [0.4, 0.5) is 0 Å². The third-order valence-electron chi connectivity index (χ3n) is 5.02. The maximum atomic E-state index is 5.80. The van der Waals surface area contributed by atoms with Gasteiger partial charge in [-0.25, -0.2) is 0 Å². The van der Waals surface area contributed by atoms with Crippen molar-refractivity contribution in [2.75, 3.05) is 105 Å². The van der Waals surface area contributed by atoms with Crippen LogP contribution in [0.15, 0.2) is 0 Å². The number of hydrogen-bond donors (Lipinski definition) is 6. The van der Waals surface area contributed by atoms with Crippen LogP contribution < -0.4 is 32.7 Å². The van der Waals surface area contributed by atoms with Gasteiger partial charge in [0.2, 0.25) is 0 Å². The van der Waals surface area contributed by atoms with Gasteiger partial charge in [-0.1, -0.05) is 41.5 Å². The van der Waals surface area contributed by atoms with Gasteiger partial charge in [0.1, 0.15) is 0 Å². The average molecular weight is 459 g/mol. The van der Waals surface area contributed by atoms with E-state index in [2.05, 4.69) is 72.6 Å². The zero-order valence-corrected chi connectivity index (χ0v) is 22.4. The first-order valence-electron chi connectivity index (χ1n) is 12.7. The minimum Gasteiger partial charge on any atom is -0.329 e. The highest BCUT2D eigenvalue weighted by Crippen LogP contribution is 2.14. The Kier molecular flexibility index (Phi) is 18.8. The predicted octanol–water partition coefficient (Wildman–Crippen LogP) is -0.0416. The highest BCUT2D eigenvalue weighted by Gasteiger charge is 2.15. The molecule has 0 amide bonds. The summed E-state index contributed by atoms with van der Waals surface area (Å²) in [5.41, 5.74) is 12.0. The van der Waals surface area contributed by atoms with E-state index < -0.39 is 0 Å². The van der Waals surface area contributed by atoms with Gasteiger partial charge in [-0.05, 0) is 10.8 Å². The Hall–Kier alpha value is -0.320. The molecule has 194 valence electrons. The third-order valence-corrected chi connectivity index (χ3v) is 5.02. The van der Waals surface area contributed by atoms with Crippen molar-refractivity contribution in [3.63, 3.8) is 0 Å². The highest BCUT2D eigenvalue weighted by atomic mass is 15.2. The lowest BCUT2D eigenvalue weighted by Crippen LogP contribution is -2.44. The van der Waals surface area contributed by atoms with E-state index >= 15 is 0 Å². The fourth-order valence-electron chi connectivity index (χ4n) is 3.52. The molecule has 0 atom stereocenters. The Bertz CT molecular complexity index is 406.